The fourth-order valence-electron chi connectivity index (χ4n) is 1.77. The van der Waals surface area contributed by atoms with Crippen molar-refractivity contribution >= 4 is 23.4 Å². The van der Waals surface area contributed by atoms with E-state index in [1.807, 2.05) is 30.0 Å². The third-order valence-electron chi connectivity index (χ3n) is 2.86. The normalized spacial score (nSPS) is 18.4. The SMILES string of the molecule is CC(C)CCSc1ccc2c(c1)NC(=O)C2N. The highest BCUT2D eigenvalue weighted by Gasteiger charge is 2.26. The Morgan fingerprint density at radius 3 is 2.94 bits per heavy atom. The van der Waals surface area contributed by atoms with Gasteiger partial charge < -0.3 is 11.1 Å². The molecular formula is C13H18N2OS. The Morgan fingerprint density at radius 1 is 1.47 bits per heavy atom. The molecule has 17 heavy (non-hydrogen) atoms. The number of anilines is 1. The molecule has 92 valence electrons. The second-order valence-corrected chi connectivity index (χ2v) is 5.92. The summed E-state index contributed by atoms with van der Waals surface area (Å²) in [5, 5.41) is 2.81. The van der Waals surface area contributed by atoms with Gasteiger partial charge in [0.05, 0.1) is 0 Å². The van der Waals surface area contributed by atoms with Gasteiger partial charge in [-0.05, 0) is 30.2 Å². The Bertz CT molecular complexity index is 431. The number of hydrogen-bond donors (Lipinski definition) is 2. The summed E-state index contributed by atoms with van der Waals surface area (Å²) >= 11 is 1.83. The zero-order valence-corrected chi connectivity index (χ0v) is 11.0. The van der Waals surface area contributed by atoms with Crippen LogP contribution in [0, 0.1) is 5.92 Å². The molecule has 0 radical (unpaired) electrons. The molecule has 1 atom stereocenters. The summed E-state index contributed by atoms with van der Waals surface area (Å²) in [6.07, 6.45) is 1.20. The van der Waals surface area contributed by atoms with Gasteiger partial charge in [0.15, 0.2) is 0 Å². The van der Waals surface area contributed by atoms with Crippen LogP contribution >= 0.6 is 11.8 Å². The van der Waals surface area contributed by atoms with Crippen LogP contribution in [0.1, 0.15) is 31.9 Å². The fourth-order valence-corrected chi connectivity index (χ4v) is 2.96. The van der Waals surface area contributed by atoms with Crippen LogP contribution in [-0.2, 0) is 4.79 Å². The molecule has 2 rings (SSSR count). The molecule has 4 heteroatoms. The van der Waals surface area contributed by atoms with Crippen molar-refractivity contribution in [3.63, 3.8) is 0 Å². The van der Waals surface area contributed by atoms with Crippen LogP contribution in [0.4, 0.5) is 5.69 Å². The average molecular weight is 250 g/mol. The standard InChI is InChI=1S/C13H18N2OS/c1-8(2)5-6-17-9-3-4-10-11(7-9)15-13(16)12(10)14/h3-4,7-8,12H,5-6,14H2,1-2H3,(H,15,16). The van der Waals surface area contributed by atoms with Gasteiger partial charge in [-0.3, -0.25) is 4.79 Å². The predicted octanol–water partition coefficient (Wildman–Crippen LogP) is 2.78. The molecule has 1 heterocycles. The van der Waals surface area contributed by atoms with Crippen molar-refractivity contribution in [1.82, 2.24) is 0 Å². The number of rotatable bonds is 4. The van der Waals surface area contributed by atoms with Crippen LogP contribution in [-0.4, -0.2) is 11.7 Å². The highest BCUT2D eigenvalue weighted by atomic mass is 32.2. The number of hydrogen-bond acceptors (Lipinski definition) is 3. The summed E-state index contributed by atoms with van der Waals surface area (Å²) in [7, 11) is 0. The summed E-state index contributed by atoms with van der Waals surface area (Å²) in [4.78, 5) is 12.6. The van der Waals surface area contributed by atoms with E-state index in [9.17, 15) is 4.79 Å². The molecule has 3 nitrogen and oxygen atoms in total. The number of carbonyl (C=O) groups excluding carboxylic acids is 1. The van der Waals surface area contributed by atoms with E-state index in [1.165, 1.54) is 11.3 Å². The molecule has 1 unspecified atom stereocenters. The van der Waals surface area contributed by atoms with Crippen molar-refractivity contribution in [2.75, 3.05) is 11.1 Å². The Morgan fingerprint density at radius 2 is 2.24 bits per heavy atom. The van der Waals surface area contributed by atoms with Crippen LogP contribution in [0.3, 0.4) is 0 Å². The van der Waals surface area contributed by atoms with Crippen LogP contribution in [0.2, 0.25) is 0 Å². The zero-order valence-electron chi connectivity index (χ0n) is 10.2. The lowest BCUT2D eigenvalue weighted by molar-refractivity contribution is -0.116. The maximum atomic E-state index is 11.4. The quantitative estimate of drug-likeness (QED) is 0.808. The largest absolute Gasteiger partial charge is 0.324 e. The average Bonchev–Trinajstić information content (AvgIpc) is 2.54. The molecule has 0 aliphatic carbocycles. The smallest absolute Gasteiger partial charge is 0.245 e. The molecule has 1 aromatic carbocycles. The van der Waals surface area contributed by atoms with E-state index >= 15 is 0 Å². The topological polar surface area (TPSA) is 55.1 Å². The highest BCUT2D eigenvalue weighted by Crippen LogP contribution is 2.33. The molecule has 1 aromatic rings. The fraction of sp³-hybridized carbons (Fsp3) is 0.462. The first-order valence-corrected chi connectivity index (χ1v) is 6.89. The summed E-state index contributed by atoms with van der Waals surface area (Å²) < 4.78 is 0. The minimum absolute atomic E-state index is 0.107. The van der Waals surface area contributed by atoms with Gasteiger partial charge in [-0.25, -0.2) is 0 Å². The van der Waals surface area contributed by atoms with E-state index in [1.54, 1.807) is 0 Å². The summed E-state index contributed by atoms with van der Waals surface area (Å²) in [6.45, 7) is 4.45. The van der Waals surface area contributed by atoms with E-state index in [2.05, 4.69) is 19.2 Å². The Kier molecular flexibility index (Phi) is 3.74. The molecule has 3 N–H and O–H groups in total. The summed E-state index contributed by atoms with van der Waals surface area (Å²) in [5.41, 5.74) is 7.54. The van der Waals surface area contributed by atoms with Gasteiger partial charge in [-0.15, -0.1) is 11.8 Å². The van der Waals surface area contributed by atoms with Crippen LogP contribution in [0.15, 0.2) is 23.1 Å². The van der Waals surface area contributed by atoms with Gasteiger partial charge in [0.2, 0.25) is 5.91 Å². The van der Waals surface area contributed by atoms with Gasteiger partial charge in [0.25, 0.3) is 0 Å². The highest BCUT2D eigenvalue weighted by molar-refractivity contribution is 7.99. The van der Waals surface area contributed by atoms with Crippen molar-refractivity contribution in [2.45, 2.75) is 31.2 Å². The minimum atomic E-state index is -0.500. The van der Waals surface area contributed by atoms with Crippen LogP contribution < -0.4 is 11.1 Å². The van der Waals surface area contributed by atoms with Gasteiger partial charge >= 0.3 is 0 Å². The summed E-state index contributed by atoms with van der Waals surface area (Å²) in [5.74, 6) is 1.73. The molecule has 1 aliphatic rings. The van der Waals surface area contributed by atoms with E-state index < -0.39 is 6.04 Å². The second-order valence-electron chi connectivity index (χ2n) is 4.75. The first kappa shape index (κ1) is 12.5. The van der Waals surface area contributed by atoms with Crippen molar-refractivity contribution < 1.29 is 4.79 Å². The van der Waals surface area contributed by atoms with Crippen molar-refractivity contribution in [3.8, 4) is 0 Å². The third kappa shape index (κ3) is 2.82. The number of amides is 1. The number of fused-ring (bicyclic) bond motifs is 1. The molecule has 0 fully saturated rings. The molecule has 1 aliphatic heterocycles. The maximum Gasteiger partial charge on any atom is 0.245 e. The lowest BCUT2D eigenvalue weighted by atomic mass is 10.1. The van der Waals surface area contributed by atoms with Gasteiger partial charge in [-0.1, -0.05) is 19.9 Å². The minimum Gasteiger partial charge on any atom is -0.324 e. The number of benzene rings is 1. The second kappa shape index (κ2) is 5.10. The van der Waals surface area contributed by atoms with Gasteiger partial charge in [-0.2, -0.15) is 0 Å². The molecular weight excluding hydrogens is 232 g/mol. The Labute approximate surface area is 106 Å². The van der Waals surface area contributed by atoms with Crippen LogP contribution in [0.25, 0.3) is 0 Å². The van der Waals surface area contributed by atoms with Crippen molar-refractivity contribution in [2.24, 2.45) is 11.7 Å². The molecule has 0 saturated heterocycles. The van der Waals surface area contributed by atoms with Gasteiger partial charge in [0, 0.05) is 16.1 Å². The number of thioether (sulfide) groups is 1. The van der Waals surface area contributed by atoms with E-state index in [4.69, 9.17) is 5.73 Å². The molecule has 1 amide bonds. The predicted molar refractivity (Wildman–Crippen MR) is 72.2 cm³/mol. The lowest BCUT2D eigenvalue weighted by Crippen LogP contribution is -2.19. The number of nitrogens with two attached hydrogens (primary N) is 1. The summed E-state index contributed by atoms with van der Waals surface area (Å²) in [6, 6.07) is 5.52. The maximum absolute atomic E-state index is 11.4. The molecule has 0 saturated carbocycles. The first-order chi connectivity index (χ1) is 8.08. The van der Waals surface area contributed by atoms with E-state index in [-0.39, 0.29) is 5.91 Å². The van der Waals surface area contributed by atoms with Crippen LogP contribution in [0.5, 0.6) is 0 Å². The molecule has 0 spiro atoms. The van der Waals surface area contributed by atoms with Crippen molar-refractivity contribution in [3.05, 3.63) is 23.8 Å². The van der Waals surface area contributed by atoms with Gasteiger partial charge in [0.1, 0.15) is 6.04 Å². The molecule has 0 aromatic heterocycles. The third-order valence-corrected chi connectivity index (χ3v) is 3.89. The van der Waals surface area contributed by atoms with E-state index in [0.29, 0.717) is 0 Å². The monoisotopic (exact) mass is 250 g/mol. The Hall–Kier alpha value is -1.00. The van der Waals surface area contributed by atoms with E-state index in [0.717, 1.165) is 22.9 Å². The zero-order chi connectivity index (χ0) is 12.4. The Balaban J connectivity index is 2.03. The lowest BCUT2D eigenvalue weighted by Gasteiger charge is -2.06. The number of carbonyl (C=O) groups is 1. The first-order valence-electron chi connectivity index (χ1n) is 5.91. The molecule has 0 bridgehead atoms. The number of nitrogens with one attached hydrogen (secondary N) is 1. The van der Waals surface area contributed by atoms with Crippen molar-refractivity contribution in [1.29, 1.82) is 0 Å².